The van der Waals surface area contributed by atoms with Gasteiger partial charge in [0.2, 0.25) is 5.91 Å². The Hall–Kier alpha value is -3.73. The molecule has 36 heavy (non-hydrogen) atoms. The Bertz CT molecular complexity index is 1350. The van der Waals surface area contributed by atoms with E-state index in [-0.39, 0.29) is 11.5 Å². The van der Waals surface area contributed by atoms with Crippen molar-refractivity contribution < 1.29 is 14.3 Å². The van der Waals surface area contributed by atoms with Crippen LogP contribution in [0.5, 0.6) is 5.75 Å². The second kappa shape index (κ2) is 11.3. The highest BCUT2D eigenvalue weighted by Gasteiger charge is 2.40. The van der Waals surface area contributed by atoms with E-state index >= 15 is 0 Å². The minimum atomic E-state index is -0.568. The van der Waals surface area contributed by atoms with Gasteiger partial charge in [0.25, 0.3) is 5.91 Å². The summed E-state index contributed by atoms with van der Waals surface area (Å²) < 4.78 is 5.52. The van der Waals surface area contributed by atoms with Crippen LogP contribution < -0.4 is 15.0 Å². The first-order valence-electron chi connectivity index (χ1n) is 11.4. The number of hydrogen-bond acceptors (Lipinski definition) is 5. The van der Waals surface area contributed by atoms with Crippen molar-refractivity contribution in [1.82, 2.24) is 0 Å². The summed E-state index contributed by atoms with van der Waals surface area (Å²) in [5.74, 6) is -0.104. The number of amides is 2. The van der Waals surface area contributed by atoms with E-state index in [2.05, 4.69) is 5.32 Å². The second-order valence-corrected chi connectivity index (χ2v) is 9.78. The lowest BCUT2D eigenvalue weighted by atomic mass is 10.1. The number of aryl methyl sites for hydroxylation is 1. The highest BCUT2D eigenvalue weighted by atomic mass is 35.5. The number of carbonyl (C=O) groups excluding carboxylic acids is 2. The molecular formula is C28H24ClN3O3S. The maximum Gasteiger partial charge on any atom is 0.269 e. The quantitative estimate of drug-likeness (QED) is 0.302. The summed E-state index contributed by atoms with van der Waals surface area (Å²) in [7, 11) is 0. The van der Waals surface area contributed by atoms with E-state index in [1.54, 1.807) is 42.5 Å². The topological polar surface area (TPSA) is 82.4 Å². The van der Waals surface area contributed by atoms with Gasteiger partial charge in [0.1, 0.15) is 22.4 Å². The summed E-state index contributed by atoms with van der Waals surface area (Å²) in [6.45, 7) is 4.33. The van der Waals surface area contributed by atoms with E-state index in [4.69, 9.17) is 16.3 Å². The molecule has 2 amide bonds. The van der Waals surface area contributed by atoms with E-state index in [1.165, 1.54) is 16.7 Å². The van der Waals surface area contributed by atoms with Crippen molar-refractivity contribution in [3.63, 3.8) is 0 Å². The molecule has 1 saturated heterocycles. The van der Waals surface area contributed by atoms with Gasteiger partial charge in [0, 0.05) is 16.4 Å². The molecule has 182 valence electrons. The number of benzene rings is 3. The fraction of sp³-hybridized carbons (Fsp3) is 0.179. The molecular weight excluding hydrogens is 494 g/mol. The van der Waals surface area contributed by atoms with Gasteiger partial charge in [0.15, 0.2) is 0 Å². The SMILES string of the molecule is CCOc1ccc(N2C(=O)C(Cc3ccc(Cl)cc3)S/C2=C(/C#N)C(=O)Nc2cccc(C)c2)cc1. The summed E-state index contributed by atoms with van der Waals surface area (Å²) >= 11 is 7.23. The van der Waals surface area contributed by atoms with Gasteiger partial charge in [-0.05, 0) is 79.9 Å². The number of ether oxygens (including phenoxy) is 1. The number of anilines is 2. The van der Waals surface area contributed by atoms with Crippen molar-refractivity contribution >= 4 is 46.6 Å². The molecule has 1 heterocycles. The number of nitrogens with zero attached hydrogens (tertiary/aromatic N) is 2. The fourth-order valence-corrected chi connectivity index (χ4v) is 5.27. The van der Waals surface area contributed by atoms with Gasteiger partial charge in [-0.25, -0.2) is 0 Å². The monoisotopic (exact) mass is 517 g/mol. The van der Waals surface area contributed by atoms with E-state index < -0.39 is 11.2 Å². The van der Waals surface area contributed by atoms with Gasteiger partial charge in [-0.1, -0.05) is 47.6 Å². The number of carbonyl (C=O) groups is 2. The predicted molar refractivity (Wildman–Crippen MR) is 144 cm³/mol. The summed E-state index contributed by atoms with van der Waals surface area (Å²) in [5, 5.41) is 13.2. The fourth-order valence-electron chi connectivity index (χ4n) is 3.83. The van der Waals surface area contributed by atoms with Crippen molar-refractivity contribution in [2.45, 2.75) is 25.5 Å². The van der Waals surface area contributed by atoms with Gasteiger partial charge in [-0.15, -0.1) is 0 Å². The predicted octanol–water partition coefficient (Wildman–Crippen LogP) is 6.11. The van der Waals surface area contributed by atoms with E-state index in [0.29, 0.717) is 40.2 Å². The zero-order valence-corrected chi connectivity index (χ0v) is 21.4. The van der Waals surface area contributed by atoms with Crippen LogP contribution in [0.25, 0.3) is 0 Å². The molecule has 0 aromatic heterocycles. The molecule has 1 unspecified atom stereocenters. The van der Waals surface area contributed by atoms with Gasteiger partial charge < -0.3 is 10.1 Å². The third kappa shape index (κ3) is 5.73. The first-order chi connectivity index (χ1) is 17.4. The minimum absolute atomic E-state index is 0.123. The molecule has 8 heteroatoms. The Labute approximate surface area is 219 Å². The third-order valence-electron chi connectivity index (χ3n) is 5.52. The van der Waals surface area contributed by atoms with Crippen molar-refractivity contribution in [1.29, 1.82) is 5.26 Å². The van der Waals surface area contributed by atoms with E-state index in [9.17, 15) is 14.9 Å². The van der Waals surface area contributed by atoms with Crippen LogP contribution in [0, 0.1) is 18.3 Å². The number of hydrogen-bond donors (Lipinski definition) is 1. The number of halogens is 1. The van der Waals surface area contributed by atoms with Crippen LogP contribution in [0.2, 0.25) is 5.02 Å². The van der Waals surface area contributed by atoms with Crippen LogP contribution in [0.15, 0.2) is 83.4 Å². The number of thioether (sulfide) groups is 1. The van der Waals surface area contributed by atoms with E-state index in [0.717, 1.165) is 11.1 Å². The van der Waals surface area contributed by atoms with Crippen LogP contribution in [-0.4, -0.2) is 23.7 Å². The molecule has 0 bridgehead atoms. The molecule has 3 aromatic rings. The molecule has 4 rings (SSSR count). The summed E-state index contributed by atoms with van der Waals surface area (Å²) in [5.41, 5.74) is 2.92. The first-order valence-corrected chi connectivity index (χ1v) is 12.7. The van der Waals surface area contributed by atoms with Crippen LogP contribution >= 0.6 is 23.4 Å². The van der Waals surface area contributed by atoms with Crippen LogP contribution in [0.4, 0.5) is 11.4 Å². The number of nitrogens with one attached hydrogen (secondary N) is 1. The van der Waals surface area contributed by atoms with Crippen molar-refractivity contribution in [3.8, 4) is 11.8 Å². The highest BCUT2D eigenvalue weighted by Crippen LogP contribution is 2.42. The largest absolute Gasteiger partial charge is 0.494 e. The van der Waals surface area contributed by atoms with Crippen molar-refractivity contribution in [2.24, 2.45) is 0 Å². The van der Waals surface area contributed by atoms with E-state index in [1.807, 2.05) is 50.2 Å². The summed E-state index contributed by atoms with van der Waals surface area (Å²) in [6.07, 6.45) is 0.426. The smallest absolute Gasteiger partial charge is 0.269 e. The molecule has 1 atom stereocenters. The Morgan fingerprint density at radius 2 is 1.86 bits per heavy atom. The van der Waals surface area contributed by atoms with Crippen molar-refractivity contribution in [2.75, 3.05) is 16.8 Å². The summed E-state index contributed by atoms with van der Waals surface area (Å²) in [6, 6.07) is 23.7. The molecule has 0 aliphatic carbocycles. The van der Waals surface area contributed by atoms with Gasteiger partial charge in [-0.2, -0.15) is 5.26 Å². The standard InChI is InChI=1S/C28H24ClN3O3S/c1-3-35-23-13-11-22(12-14-23)32-27(34)25(16-19-7-9-20(29)10-8-19)36-28(32)24(17-30)26(33)31-21-6-4-5-18(2)15-21/h4-15,25H,3,16H2,1-2H3,(H,31,33)/b28-24-. The molecule has 1 N–H and O–H groups in total. The second-order valence-electron chi connectivity index (χ2n) is 8.15. The Morgan fingerprint density at radius 3 is 2.50 bits per heavy atom. The molecule has 0 saturated carbocycles. The highest BCUT2D eigenvalue weighted by molar-refractivity contribution is 8.05. The normalized spacial score (nSPS) is 16.4. The van der Waals surface area contributed by atoms with Crippen molar-refractivity contribution in [3.05, 3.63) is 99.5 Å². The number of rotatable bonds is 7. The van der Waals surface area contributed by atoms with Crippen LogP contribution in [-0.2, 0) is 16.0 Å². The lowest BCUT2D eigenvalue weighted by Crippen LogP contribution is -2.30. The first kappa shape index (κ1) is 25.4. The minimum Gasteiger partial charge on any atom is -0.494 e. The maximum absolute atomic E-state index is 13.6. The lowest BCUT2D eigenvalue weighted by molar-refractivity contribution is -0.117. The Balaban J connectivity index is 1.71. The molecule has 3 aromatic carbocycles. The Morgan fingerprint density at radius 1 is 1.14 bits per heavy atom. The maximum atomic E-state index is 13.6. The molecule has 1 aliphatic heterocycles. The molecule has 0 spiro atoms. The lowest BCUT2D eigenvalue weighted by Gasteiger charge is -2.19. The molecule has 1 fully saturated rings. The summed E-state index contributed by atoms with van der Waals surface area (Å²) in [4.78, 5) is 28.3. The van der Waals surface area contributed by atoms with Gasteiger partial charge in [-0.3, -0.25) is 14.5 Å². The zero-order valence-electron chi connectivity index (χ0n) is 19.8. The van der Waals surface area contributed by atoms with Crippen LogP contribution in [0.3, 0.4) is 0 Å². The molecule has 6 nitrogen and oxygen atoms in total. The number of nitriles is 1. The zero-order chi connectivity index (χ0) is 25.7. The molecule has 1 aliphatic rings. The average Bonchev–Trinajstić information content (AvgIpc) is 3.17. The van der Waals surface area contributed by atoms with Gasteiger partial charge >= 0.3 is 0 Å². The average molecular weight is 518 g/mol. The van der Waals surface area contributed by atoms with Gasteiger partial charge in [0.05, 0.1) is 11.9 Å². The molecule has 0 radical (unpaired) electrons. The Kier molecular flexibility index (Phi) is 7.99. The van der Waals surface area contributed by atoms with Crippen LogP contribution in [0.1, 0.15) is 18.1 Å². The third-order valence-corrected chi connectivity index (χ3v) is 7.04.